The highest BCUT2D eigenvalue weighted by atomic mass is 32.2. The molecule has 1 aromatic carbocycles. The molecule has 0 spiro atoms. The molecule has 0 aromatic heterocycles. The molecule has 0 amide bonds. The van der Waals surface area contributed by atoms with Gasteiger partial charge in [0.05, 0.1) is 13.2 Å². The van der Waals surface area contributed by atoms with Crippen LogP contribution in [0.2, 0.25) is 0 Å². The molecule has 1 aromatic rings. The second-order valence-electron chi connectivity index (χ2n) is 4.54. The summed E-state index contributed by atoms with van der Waals surface area (Å²) >= 11 is 1.95. The van der Waals surface area contributed by atoms with E-state index in [2.05, 4.69) is 28.8 Å². The zero-order valence-electron chi connectivity index (χ0n) is 9.87. The van der Waals surface area contributed by atoms with E-state index in [0.29, 0.717) is 6.04 Å². The molecule has 1 atom stereocenters. The van der Waals surface area contributed by atoms with E-state index in [1.54, 1.807) is 0 Å². The van der Waals surface area contributed by atoms with Gasteiger partial charge in [0, 0.05) is 35.5 Å². The summed E-state index contributed by atoms with van der Waals surface area (Å²) in [5, 5.41) is 6.93. The SMILES string of the molecule is c1cc2c(cc1CC1COCCN1)SCCN2. The standard InChI is InChI=1S/C13H18N2OS/c1-2-12-13(17-6-4-15-12)8-10(1)7-11-9-16-5-3-14-11/h1-2,8,11,14-15H,3-7,9H2. The Labute approximate surface area is 106 Å². The van der Waals surface area contributed by atoms with Gasteiger partial charge in [-0.2, -0.15) is 0 Å². The first-order chi connectivity index (χ1) is 8.42. The molecular formula is C13H18N2OS. The molecule has 0 saturated carbocycles. The number of rotatable bonds is 2. The van der Waals surface area contributed by atoms with Gasteiger partial charge in [-0.3, -0.25) is 0 Å². The number of thioether (sulfide) groups is 1. The summed E-state index contributed by atoms with van der Waals surface area (Å²) in [6.07, 6.45) is 1.06. The summed E-state index contributed by atoms with van der Waals surface area (Å²) in [7, 11) is 0. The Balaban J connectivity index is 1.70. The van der Waals surface area contributed by atoms with Crippen LogP contribution in [0.15, 0.2) is 23.1 Å². The molecule has 3 rings (SSSR count). The fourth-order valence-electron chi connectivity index (χ4n) is 2.34. The minimum Gasteiger partial charge on any atom is -0.383 e. The van der Waals surface area contributed by atoms with Crippen molar-refractivity contribution < 1.29 is 4.74 Å². The van der Waals surface area contributed by atoms with Crippen molar-refractivity contribution in [1.82, 2.24) is 5.32 Å². The van der Waals surface area contributed by atoms with Crippen molar-refractivity contribution in [3.8, 4) is 0 Å². The van der Waals surface area contributed by atoms with E-state index in [1.165, 1.54) is 21.9 Å². The third kappa shape index (κ3) is 2.76. The molecule has 3 nitrogen and oxygen atoms in total. The first-order valence-electron chi connectivity index (χ1n) is 6.22. The molecule has 92 valence electrons. The third-order valence-corrected chi connectivity index (χ3v) is 4.26. The molecule has 1 saturated heterocycles. The Morgan fingerprint density at radius 2 is 2.35 bits per heavy atom. The number of nitrogens with one attached hydrogen (secondary N) is 2. The van der Waals surface area contributed by atoms with E-state index in [0.717, 1.165) is 32.7 Å². The van der Waals surface area contributed by atoms with Crippen LogP contribution in [0.25, 0.3) is 0 Å². The van der Waals surface area contributed by atoms with E-state index in [1.807, 2.05) is 11.8 Å². The monoisotopic (exact) mass is 250 g/mol. The lowest BCUT2D eigenvalue weighted by atomic mass is 10.1. The first kappa shape index (κ1) is 11.4. The van der Waals surface area contributed by atoms with E-state index in [9.17, 15) is 0 Å². The van der Waals surface area contributed by atoms with Crippen LogP contribution < -0.4 is 10.6 Å². The molecule has 0 aliphatic carbocycles. The van der Waals surface area contributed by atoms with Gasteiger partial charge < -0.3 is 15.4 Å². The summed E-state index contributed by atoms with van der Waals surface area (Å²) in [5.74, 6) is 1.17. The lowest BCUT2D eigenvalue weighted by Gasteiger charge is -2.24. The van der Waals surface area contributed by atoms with Gasteiger partial charge in [-0.1, -0.05) is 6.07 Å². The summed E-state index contributed by atoms with van der Waals surface area (Å²) in [6, 6.07) is 7.24. The molecule has 1 unspecified atom stereocenters. The summed E-state index contributed by atoms with van der Waals surface area (Å²) in [4.78, 5) is 1.39. The minimum atomic E-state index is 0.475. The zero-order chi connectivity index (χ0) is 11.5. The van der Waals surface area contributed by atoms with Gasteiger partial charge in [-0.15, -0.1) is 11.8 Å². The summed E-state index contributed by atoms with van der Waals surface area (Å²) in [5.41, 5.74) is 2.70. The van der Waals surface area contributed by atoms with Crippen molar-refractivity contribution in [2.75, 3.05) is 37.4 Å². The Morgan fingerprint density at radius 3 is 3.24 bits per heavy atom. The highest BCUT2D eigenvalue weighted by Crippen LogP contribution is 2.31. The fraction of sp³-hybridized carbons (Fsp3) is 0.538. The molecular weight excluding hydrogens is 232 g/mol. The molecule has 4 heteroatoms. The highest BCUT2D eigenvalue weighted by Gasteiger charge is 2.15. The van der Waals surface area contributed by atoms with E-state index >= 15 is 0 Å². The van der Waals surface area contributed by atoms with Gasteiger partial charge in [0.2, 0.25) is 0 Å². The van der Waals surface area contributed by atoms with Crippen LogP contribution in [-0.2, 0) is 11.2 Å². The van der Waals surface area contributed by atoms with E-state index < -0.39 is 0 Å². The van der Waals surface area contributed by atoms with Crippen LogP contribution in [-0.4, -0.2) is 38.1 Å². The predicted octanol–water partition coefficient (Wildman–Crippen LogP) is 1.74. The Kier molecular flexibility index (Phi) is 3.54. The Hall–Kier alpha value is -0.710. The van der Waals surface area contributed by atoms with Crippen LogP contribution in [0.4, 0.5) is 5.69 Å². The van der Waals surface area contributed by atoms with Gasteiger partial charge in [0.15, 0.2) is 0 Å². The van der Waals surface area contributed by atoms with Gasteiger partial charge >= 0.3 is 0 Å². The smallest absolute Gasteiger partial charge is 0.0623 e. The van der Waals surface area contributed by atoms with Crippen LogP contribution in [0.1, 0.15) is 5.56 Å². The lowest BCUT2D eigenvalue weighted by molar-refractivity contribution is 0.0770. The topological polar surface area (TPSA) is 33.3 Å². The zero-order valence-corrected chi connectivity index (χ0v) is 10.7. The van der Waals surface area contributed by atoms with Crippen LogP contribution in [0.5, 0.6) is 0 Å². The Bertz CT molecular complexity index is 391. The Morgan fingerprint density at radius 1 is 1.35 bits per heavy atom. The number of ether oxygens (including phenoxy) is 1. The van der Waals surface area contributed by atoms with Gasteiger partial charge in [-0.25, -0.2) is 0 Å². The van der Waals surface area contributed by atoms with E-state index in [4.69, 9.17) is 4.74 Å². The second kappa shape index (κ2) is 5.29. The van der Waals surface area contributed by atoms with Crippen LogP contribution in [0.3, 0.4) is 0 Å². The summed E-state index contributed by atoms with van der Waals surface area (Å²) < 4.78 is 5.49. The fourth-order valence-corrected chi connectivity index (χ4v) is 3.30. The number of hydrogen-bond acceptors (Lipinski definition) is 4. The predicted molar refractivity (Wildman–Crippen MR) is 72.0 cm³/mol. The summed E-state index contributed by atoms with van der Waals surface area (Å²) in [6.45, 7) is 3.74. The first-order valence-corrected chi connectivity index (χ1v) is 7.21. The molecule has 2 aliphatic heterocycles. The normalized spacial score (nSPS) is 23.9. The number of benzene rings is 1. The van der Waals surface area contributed by atoms with Crippen LogP contribution in [0, 0.1) is 0 Å². The van der Waals surface area contributed by atoms with Crippen molar-refractivity contribution >= 4 is 17.4 Å². The maximum absolute atomic E-state index is 5.49. The van der Waals surface area contributed by atoms with Gasteiger partial charge in [0.1, 0.15) is 0 Å². The molecule has 2 heterocycles. The quantitative estimate of drug-likeness (QED) is 0.837. The number of morpholine rings is 1. The minimum absolute atomic E-state index is 0.475. The van der Waals surface area contributed by atoms with E-state index in [-0.39, 0.29) is 0 Å². The average molecular weight is 250 g/mol. The van der Waals surface area contributed by atoms with Gasteiger partial charge in [-0.05, 0) is 24.1 Å². The van der Waals surface area contributed by atoms with Crippen molar-refractivity contribution in [2.45, 2.75) is 17.4 Å². The number of fused-ring (bicyclic) bond motifs is 1. The molecule has 17 heavy (non-hydrogen) atoms. The molecule has 1 fully saturated rings. The number of anilines is 1. The second-order valence-corrected chi connectivity index (χ2v) is 5.67. The maximum Gasteiger partial charge on any atom is 0.0623 e. The largest absolute Gasteiger partial charge is 0.383 e. The highest BCUT2D eigenvalue weighted by molar-refractivity contribution is 7.99. The average Bonchev–Trinajstić information content (AvgIpc) is 2.40. The van der Waals surface area contributed by atoms with Crippen molar-refractivity contribution in [3.63, 3.8) is 0 Å². The third-order valence-electron chi connectivity index (χ3n) is 3.20. The van der Waals surface area contributed by atoms with Crippen LogP contribution >= 0.6 is 11.8 Å². The lowest BCUT2D eigenvalue weighted by Crippen LogP contribution is -2.42. The number of hydrogen-bond donors (Lipinski definition) is 2. The van der Waals surface area contributed by atoms with Crippen molar-refractivity contribution in [2.24, 2.45) is 0 Å². The van der Waals surface area contributed by atoms with Crippen molar-refractivity contribution in [3.05, 3.63) is 23.8 Å². The molecule has 2 aliphatic rings. The molecule has 0 bridgehead atoms. The van der Waals surface area contributed by atoms with Gasteiger partial charge in [0.25, 0.3) is 0 Å². The molecule has 2 N–H and O–H groups in total. The van der Waals surface area contributed by atoms with Crippen molar-refractivity contribution in [1.29, 1.82) is 0 Å². The molecule has 0 radical (unpaired) electrons. The maximum atomic E-state index is 5.49.